The van der Waals surface area contributed by atoms with Gasteiger partial charge in [-0.1, -0.05) is 60.5 Å². The molecule has 14 heteroatoms. The highest BCUT2D eigenvalue weighted by atomic mass is 16.7. The number of carbonyl (C=O) groups excluding carboxylic acids is 2. The number of nitrogens with zero attached hydrogens (tertiary/aromatic N) is 2. The summed E-state index contributed by atoms with van der Waals surface area (Å²) in [5.74, 6) is -0.456. The van der Waals surface area contributed by atoms with Gasteiger partial charge in [0.2, 0.25) is 5.79 Å². The second kappa shape index (κ2) is 23.4. The SMILES string of the molecule is C=CCO[C@@]12Oc3ccc(Oc4ccc(OC)c(C=O)c4)cc3[C@H]3[C@H](CCCCO)[C@@H](CCCCO)C=C(C(=NOCc4ccccc4)C[C@@H]1N(CCOCCO)C(=O)OCC)[C@H]32. The Balaban J connectivity index is 1.57. The number of rotatable bonds is 25. The summed E-state index contributed by atoms with van der Waals surface area (Å²) in [5, 5.41) is 34.3. The molecule has 3 aliphatic rings. The maximum atomic E-state index is 14.2. The molecule has 6 atom stereocenters. The molecule has 1 amide bonds. The van der Waals surface area contributed by atoms with Crippen molar-refractivity contribution in [1.29, 1.82) is 0 Å². The highest BCUT2D eigenvalue weighted by Crippen LogP contribution is 2.62. The Bertz CT molecular complexity index is 2020. The number of amides is 1. The van der Waals surface area contributed by atoms with Gasteiger partial charge in [-0.05, 0) is 92.0 Å². The van der Waals surface area contributed by atoms with Crippen LogP contribution in [0.25, 0.3) is 0 Å². The van der Waals surface area contributed by atoms with Gasteiger partial charge in [-0.25, -0.2) is 4.79 Å². The number of aldehydes is 1. The maximum Gasteiger partial charge on any atom is 0.410 e. The van der Waals surface area contributed by atoms with Gasteiger partial charge in [0.1, 0.15) is 35.6 Å². The molecule has 0 radical (unpaired) electrons. The molecule has 3 N–H and O–H groups in total. The quantitative estimate of drug-likeness (QED) is 0.0330. The highest BCUT2D eigenvalue weighted by Gasteiger charge is 2.65. The number of oxime groups is 1. The van der Waals surface area contributed by atoms with E-state index in [0.29, 0.717) is 47.1 Å². The molecule has 6 rings (SSSR count). The average Bonchev–Trinajstić information content (AvgIpc) is 3.30. The van der Waals surface area contributed by atoms with Crippen LogP contribution in [0.3, 0.4) is 0 Å². The molecule has 0 spiro atoms. The van der Waals surface area contributed by atoms with E-state index in [-0.39, 0.29) is 83.6 Å². The van der Waals surface area contributed by atoms with Crippen molar-refractivity contribution in [3.8, 4) is 23.0 Å². The summed E-state index contributed by atoms with van der Waals surface area (Å²) in [6.07, 6.45) is 8.56. The second-order valence-electron chi connectivity index (χ2n) is 15.9. The molecule has 14 nitrogen and oxygen atoms in total. The van der Waals surface area contributed by atoms with Gasteiger partial charge in [-0.2, -0.15) is 0 Å². The third-order valence-corrected chi connectivity index (χ3v) is 12.0. The zero-order valence-electron chi connectivity index (χ0n) is 36.4. The molecule has 1 heterocycles. The average molecular weight is 871 g/mol. The minimum atomic E-state index is -1.51. The second-order valence-corrected chi connectivity index (χ2v) is 15.9. The van der Waals surface area contributed by atoms with Crippen molar-refractivity contribution in [2.24, 2.45) is 22.9 Å². The zero-order chi connectivity index (χ0) is 44.6. The largest absolute Gasteiger partial charge is 0.496 e. The number of methoxy groups -OCH3 is 1. The number of hydrogen-bond acceptors (Lipinski definition) is 13. The number of ether oxygens (including phenoxy) is 6. The molecule has 0 saturated heterocycles. The lowest BCUT2D eigenvalue weighted by Gasteiger charge is -2.59. The number of carbonyl (C=O) groups is 2. The first kappa shape index (κ1) is 47.2. The van der Waals surface area contributed by atoms with E-state index in [1.54, 1.807) is 42.2 Å². The highest BCUT2D eigenvalue weighted by molar-refractivity contribution is 6.03. The topological polar surface area (TPSA) is 175 Å². The first-order valence-electron chi connectivity index (χ1n) is 22.0. The van der Waals surface area contributed by atoms with E-state index in [9.17, 15) is 24.9 Å². The monoisotopic (exact) mass is 870 g/mol. The Kier molecular flexibility index (Phi) is 17.6. The molecule has 340 valence electrons. The van der Waals surface area contributed by atoms with Gasteiger partial charge >= 0.3 is 6.09 Å². The molecular formula is C49H62N2O12. The number of fused-ring (bicyclic) bond motifs is 2. The van der Waals surface area contributed by atoms with Crippen molar-refractivity contribution in [3.05, 3.63) is 108 Å². The van der Waals surface area contributed by atoms with Crippen LogP contribution >= 0.6 is 0 Å². The number of unbranched alkanes of at least 4 members (excludes halogenated alkanes) is 2. The molecule has 1 saturated carbocycles. The minimum Gasteiger partial charge on any atom is -0.496 e. The van der Waals surface area contributed by atoms with Crippen molar-refractivity contribution >= 4 is 18.1 Å². The Labute approximate surface area is 370 Å². The van der Waals surface area contributed by atoms with Crippen molar-refractivity contribution in [2.75, 3.05) is 59.9 Å². The molecule has 0 aromatic heterocycles. The van der Waals surface area contributed by atoms with Gasteiger partial charge in [-0.15, -0.1) is 6.58 Å². The predicted molar refractivity (Wildman–Crippen MR) is 236 cm³/mol. The first-order valence-corrected chi connectivity index (χ1v) is 22.0. The van der Waals surface area contributed by atoms with Gasteiger partial charge in [0.05, 0.1) is 57.3 Å². The lowest BCUT2D eigenvalue weighted by atomic mass is 9.55. The third-order valence-electron chi connectivity index (χ3n) is 12.0. The summed E-state index contributed by atoms with van der Waals surface area (Å²) in [7, 11) is 1.50. The lowest BCUT2D eigenvalue weighted by Crippen LogP contribution is -2.70. The summed E-state index contributed by atoms with van der Waals surface area (Å²) in [6.45, 7) is 6.40. The standard InChI is InChI=1S/C49H62N2O12/c1-4-25-60-49-45(51(48(56)59-5-2)21-26-58-27-24-54)31-42(50-61-33-34-13-7-6-8-14-34)40-29-35(15-9-11-22-52)39(16-10-12-23-53)46(47(40)49)41-30-38(18-20-44(41)63-49)62-37-17-19-43(57-3)36(28-37)32-55/h4,6-8,13-14,17-20,28-30,32,35,39,45-47,52-54H,1,5,9-12,15-16,21-27,31,33H2,2-3H3/t35-,39+,45-,46+,47+,49+/m0/s1. The minimum absolute atomic E-state index is 0.0137. The van der Waals surface area contributed by atoms with E-state index in [4.69, 9.17) is 38.4 Å². The third kappa shape index (κ3) is 11.1. The fourth-order valence-electron chi connectivity index (χ4n) is 9.39. The van der Waals surface area contributed by atoms with E-state index in [2.05, 4.69) is 12.7 Å². The Morgan fingerprint density at radius 3 is 2.44 bits per heavy atom. The van der Waals surface area contributed by atoms with Crippen molar-refractivity contribution in [3.63, 3.8) is 0 Å². The van der Waals surface area contributed by atoms with E-state index < -0.39 is 23.8 Å². The molecule has 63 heavy (non-hydrogen) atoms. The molecular weight excluding hydrogens is 809 g/mol. The van der Waals surface area contributed by atoms with E-state index in [0.717, 1.165) is 48.7 Å². The van der Waals surface area contributed by atoms with E-state index in [1.165, 1.54) is 7.11 Å². The fraction of sp³-hybridized carbons (Fsp3) is 0.490. The number of benzene rings is 3. The molecule has 2 aliphatic carbocycles. The lowest BCUT2D eigenvalue weighted by molar-refractivity contribution is -0.256. The van der Waals surface area contributed by atoms with Gasteiger partial charge in [0, 0.05) is 37.7 Å². The Morgan fingerprint density at radius 2 is 1.73 bits per heavy atom. The van der Waals surface area contributed by atoms with Crippen LogP contribution in [0.1, 0.15) is 79.3 Å². The van der Waals surface area contributed by atoms with Crippen LogP contribution < -0.4 is 14.2 Å². The van der Waals surface area contributed by atoms with Gasteiger partial charge in [0.25, 0.3) is 0 Å². The summed E-state index contributed by atoms with van der Waals surface area (Å²) >= 11 is 0. The van der Waals surface area contributed by atoms with Crippen LogP contribution in [-0.4, -0.2) is 110 Å². The van der Waals surface area contributed by atoms with E-state index >= 15 is 0 Å². The normalized spacial score (nSPS) is 22.8. The smallest absolute Gasteiger partial charge is 0.410 e. The molecule has 3 aromatic rings. The molecule has 1 aliphatic heterocycles. The molecule has 1 fully saturated rings. The van der Waals surface area contributed by atoms with Crippen LogP contribution in [0, 0.1) is 17.8 Å². The van der Waals surface area contributed by atoms with Crippen molar-refractivity contribution < 1.29 is 58.2 Å². The van der Waals surface area contributed by atoms with Crippen LogP contribution in [0.2, 0.25) is 0 Å². The van der Waals surface area contributed by atoms with Gasteiger partial charge in [0.15, 0.2) is 6.29 Å². The Morgan fingerprint density at radius 1 is 0.968 bits per heavy atom. The van der Waals surface area contributed by atoms with Crippen LogP contribution in [-0.2, 0) is 25.7 Å². The summed E-state index contributed by atoms with van der Waals surface area (Å²) in [6, 6.07) is 19.6. The van der Waals surface area contributed by atoms with Gasteiger partial charge < -0.3 is 48.6 Å². The van der Waals surface area contributed by atoms with E-state index in [1.807, 2.05) is 42.5 Å². The fourth-order valence-corrected chi connectivity index (χ4v) is 9.39. The number of aliphatic hydroxyl groups is 3. The maximum absolute atomic E-state index is 14.2. The Hall–Kier alpha value is -5.25. The molecule has 0 bridgehead atoms. The van der Waals surface area contributed by atoms with Crippen molar-refractivity contribution in [1.82, 2.24) is 4.90 Å². The zero-order valence-corrected chi connectivity index (χ0v) is 36.4. The number of allylic oxidation sites excluding steroid dienone is 1. The predicted octanol–water partition coefficient (Wildman–Crippen LogP) is 7.60. The van der Waals surface area contributed by atoms with Crippen LogP contribution in [0.15, 0.2) is 96.2 Å². The number of hydrogen-bond donors (Lipinski definition) is 3. The molecule has 3 aromatic carbocycles. The number of aliphatic hydroxyl groups excluding tert-OH is 3. The van der Waals surface area contributed by atoms with Crippen molar-refractivity contribution in [2.45, 2.75) is 76.2 Å². The summed E-state index contributed by atoms with van der Waals surface area (Å²) in [5.41, 5.74) is 3.66. The van der Waals surface area contributed by atoms with Crippen LogP contribution in [0.5, 0.6) is 23.0 Å². The van der Waals surface area contributed by atoms with Gasteiger partial charge in [-0.3, -0.25) is 9.69 Å². The van der Waals surface area contributed by atoms with Crippen LogP contribution in [0.4, 0.5) is 4.79 Å². The summed E-state index contributed by atoms with van der Waals surface area (Å²) < 4.78 is 37.6. The first-order chi connectivity index (χ1) is 30.9. The molecule has 0 unspecified atom stereocenters. The summed E-state index contributed by atoms with van der Waals surface area (Å²) in [4.78, 5) is 33.9.